The first kappa shape index (κ1) is 18.4. The molecule has 0 saturated heterocycles. The lowest BCUT2D eigenvalue weighted by atomic mass is 10.1. The highest BCUT2D eigenvalue weighted by atomic mass is 32.2. The SMILES string of the molecule is O=S(=O)(O)c1cc2cc(S(=O)(=O)O)c(O)c(S(=O)(=O)O)c2cc1O. The molecule has 11 nitrogen and oxygen atoms in total. The van der Waals surface area contributed by atoms with Crippen molar-refractivity contribution >= 4 is 41.1 Å². The van der Waals surface area contributed by atoms with Crippen molar-refractivity contribution < 1.29 is 49.1 Å². The molecule has 2 aromatic rings. The fraction of sp³-hybridized carbons (Fsp3) is 0. The maximum absolute atomic E-state index is 11.4. The second-order valence-electron chi connectivity index (χ2n) is 4.52. The average molecular weight is 400 g/mol. The molecule has 0 radical (unpaired) electrons. The van der Waals surface area contributed by atoms with E-state index in [0.29, 0.717) is 18.2 Å². The Bertz CT molecular complexity index is 1170. The molecule has 0 bridgehead atoms. The van der Waals surface area contributed by atoms with Crippen LogP contribution in [0, 0.1) is 0 Å². The van der Waals surface area contributed by atoms with E-state index in [1.807, 2.05) is 0 Å². The van der Waals surface area contributed by atoms with Gasteiger partial charge in [-0.25, -0.2) is 0 Å². The molecule has 0 unspecified atom stereocenters. The van der Waals surface area contributed by atoms with Crippen LogP contribution in [0.1, 0.15) is 0 Å². The van der Waals surface area contributed by atoms with Gasteiger partial charge >= 0.3 is 0 Å². The molecule has 0 amide bonds. The Labute approximate surface area is 135 Å². The number of aromatic hydroxyl groups is 2. The second-order valence-corrected chi connectivity index (χ2v) is 8.66. The standard InChI is InChI=1S/C10H8O11S3/c11-6-3-5-4(1-7(6)22(13,14)15)2-8(23(16,17)18)9(12)10(5)24(19,20)21/h1-3,11-12H,(H,13,14,15)(H,16,17,18)(H,19,20,21). The zero-order valence-corrected chi connectivity index (χ0v) is 13.6. The van der Waals surface area contributed by atoms with Crippen molar-refractivity contribution in [2.45, 2.75) is 14.7 Å². The topological polar surface area (TPSA) is 204 Å². The van der Waals surface area contributed by atoms with Crippen molar-refractivity contribution in [3.63, 3.8) is 0 Å². The van der Waals surface area contributed by atoms with E-state index in [2.05, 4.69) is 0 Å². The van der Waals surface area contributed by atoms with Crippen LogP contribution < -0.4 is 0 Å². The smallest absolute Gasteiger partial charge is 0.298 e. The molecule has 0 aliphatic carbocycles. The van der Waals surface area contributed by atoms with E-state index in [1.165, 1.54) is 0 Å². The number of phenolic OH excluding ortho intramolecular Hbond substituents is 2. The third-order valence-electron chi connectivity index (χ3n) is 2.92. The van der Waals surface area contributed by atoms with Crippen LogP contribution in [-0.2, 0) is 30.4 Å². The summed E-state index contributed by atoms with van der Waals surface area (Å²) in [6, 6.07) is 1.45. The van der Waals surface area contributed by atoms with Crippen LogP contribution in [0.2, 0.25) is 0 Å². The highest BCUT2D eigenvalue weighted by Crippen LogP contribution is 2.40. The van der Waals surface area contributed by atoms with E-state index in [1.54, 1.807) is 0 Å². The van der Waals surface area contributed by atoms with Gasteiger partial charge in [-0.2, -0.15) is 25.3 Å². The Morgan fingerprint density at radius 1 is 0.667 bits per heavy atom. The normalized spacial score (nSPS) is 13.3. The van der Waals surface area contributed by atoms with E-state index in [9.17, 15) is 35.5 Å². The van der Waals surface area contributed by atoms with E-state index < -0.39 is 67.3 Å². The Hall–Kier alpha value is -1.97. The van der Waals surface area contributed by atoms with Crippen molar-refractivity contribution in [3.05, 3.63) is 18.2 Å². The van der Waals surface area contributed by atoms with Crippen LogP contribution in [0.15, 0.2) is 32.9 Å². The maximum Gasteiger partial charge on any atom is 0.298 e. The molecule has 0 aliphatic rings. The predicted molar refractivity (Wildman–Crippen MR) is 76.7 cm³/mol. The summed E-state index contributed by atoms with van der Waals surface area (Å²) in [7, 11) is -15.4. The van der Waals surface area contributed by atoms with E-state index in [-0.39, 0.29) is 0 Å². The van der Waals surface area contributed by atoms with Gasteiger partial charge in [0.05, 0.1) is 0 Å². The fourth-order valence-corrected chi connectivity index (χ4v) is 4.11. The second kappa shape index (κ2) is 5.27. The van der Waals surface area contributed by atoms with Gasteiger partial charge in [-0.15, -0.1) is 0 Å². The van der Waals surface area contributed by atoms with Gasteiger partial charge in [0, 0.05) is 5.39 Å². The number of hydrogen-bond donors (Lipinski definition) is 5. The van der Waals surface area contributed by atoms with Gasteiger partial charge in [-0.1, -0.05) is 0 Å². The Kier molecular flexibility index (Phi) is 4.03. The van der Waals surface area contributed by atoms with Crippen LogP contribution in [-0.4, -0.2) is 49.1 Å². The minimum atomic E-state index is -5.26. The molecule has 0 heterocycles. The molecule has 2 aromatic carbocycles. The number of rotatable bonds is 3. The molecule has 0 atom stereocenters. The highest BCUT2D eigenvalue weighted by molar-refractivity contribution is 7.87. The Morgan fingerprint density at radius 3 is 1.54 bits per heavy atom. The average Bonchev–Trinajstić information content (AvgIpc) is 2.32. The molecule has 0 aromatic heterocycles. The van der Waals surface area contributed by atoms with Gasteiger partial charge in [0.25, 0.3) is 30.4 Å². The molecular formula is C10H8O11S3. The maximum atomic E-state index is 11.4. The van der Waals surface area contributed by atoms with Gasteiger partial charge in [-0.05, 0) is 23.6 Å². The van der Waals surface area contributed by atoms with Crippen molar-refractivity contribution in [1.82, 2.24) is 0 Å². The van der Waals surface area contributed by atoms with Gasteiger partial charge in [0.2, 0.25) is 0 Å². The zero-order chi connectivity index (χ0) is 18.7. The summed E-state index contributed by atoms with van der Waals surface area (Å²) in [5, 5.41) is 18.1. The van der Waals surface area contributed by atoms with Gasteiger partial charge in [0.15, 0.2) is 5.75 Å². The van der Waals surface area contributed by atoms with E-state index in [4.69, 9.17) is 13.7 Å². The quantitative estimate of drug-likeness (QED) is 0.433. The van der Waals surface area contributed by atoms with Gasteiger partial charge in [0.1, 0.15) is 20.4 Å². The largest absolute Gasteiger partial charge is 0.506 e. The minimum absolute atomic E-state index is 0.467. The van der Waals surface area contributed by atoms with Crippen molar-refractivity contribution in [1.29, 1.82) is 0 Å². The lowest BCUT2D eigenvalue weighted by Gasteiger charge is -2.12. The molecule has 14 heteroatoms. The molecule has 0 spiro atoms. The van der Waals surface area contributed by atoms with Crippen molar-refractivity contribution in [2.75, 3.05) is 0 Å². The molecular weight excluding hydrogens is 392 g/mol. The third-order valence-corrected chi connectivity index (χ3v) is 5.60. The van der Waals surface area contributed by atoms with Crippen LogP contribution in [0.3, 0.4) is 0 Å². The number of hydrogen-bond acceptors (Lipinski definition) is 8. The first-order valence-electron chi connectivity index (χ1n) is 5.59. The summed E-state index contributed by atoms with van der Waals surface area (Å²) in [5.74, 6) is -2.67. The molecule has 2 rings (SSSR count). The minimum Gasteiger partial charge on any atom is -0.506 e. The molecule has 0 fully saturated rings. The summed E-state index contributed by atoms with van der Waals surface area (Å²) in [6.45, 7) is 0. The summed E-state index contributed by atoms with van der Waals surface area (Å²) >= 11 is 0. The Balaban J connectivity index is 3.20. The summed E-state index contributed by atoms with van der Waals surface area (Å²) in [5.41, 5.74) is 0. The fourth-order valence-electron chi connectivity index (χ4n) is 2.01. The third kappa shape index (κ3) is 3.14. The molecule has 0 saturated carbocycles. The van der Waals surface area contributed by atoms with Gasteiger partial charge in [-0.3, -0.25) is 13.7 Å². The highest BCUT2D eigenvalue weighted by Gasteiger charge is 2.29. The zero-order valence-electron chi connectivity index (χ0n) is 11.1. The monoisotopic (exact) mass is 400 g/mol. The Morgan fingerprint density at radius 2 is 1.12 bits per heavy atom. The van der Waals surface area contributed by atoms with Crippen LogP contribution in [0.4, 0.5) is 0 Å². The molecule has 5 N–H and O–H groups in total. The van der Waals surface area contributed by atoms with Crippen LogP contribution >= 0.6 is 0 Å². The van der Waals surface area contributed by atoms with Crippen molar-refractivity contribution in [2.24, 2.45) is 0 Å². The summed E-state index contributed by atoms with van der Waals surface area (Å²) in [4.78, 5) is -3.82. The number of phenols is 2. The summed E-state index contributed by atoms with van der Waals surface area (Å²) in [6.07, 6.45) is 0. The number of fused-ring (bicyclic) bond motifs is 1. The lowest BCUT2D eigenvalue weighted by Crippen LogP contribution is -2.06. The first-order chi connectivity index (χ1) is 10.6. The van der Waals surface area contributed by atoms with Crippen LogP contribution in [0.5, 0.6) is 11.5 Å². The van der Waals surface area contributed by atoms with Crippen LogP contribution in [0.25, 0.3) is 10.8 Å². The van der Waals surface area contributed by atoms with Crippen molar-refractivity contribution in [3.8, 4) is 11.5 Å². The number of benzene rings is 2. The predicted octanol–water partition coefficient (Wildman–Crippen LogP) is -0.00890. The molecule has 24 heavy (non-hydrogen) atoms. The van der Waals surface area contributed by atoms with E-state index >= 15 is 0 Å². The molecule has 132 valence electrons. The van der Waals surface area contributed by atoms with Gasteiger partial charge < -0.3 is 10.2 Å². The first-order valence-corrected chi connectivity index (χ1v) is 9.91. The molecule has 0 aliphatic heterocycles. The summed E-state index contributed by atoms with van der Waals surface area (Å²) < 4.78 is 94.7. The van der Waals surface area contributed by atoms with E-state index in [0.717, 1.165) is 0 Å². The lowest BCUT2D eigenvalue weighted by molar-refractivity contribution is 0.425.